The van der Waals surface area contributed by atoms with Crippen LogP contribution in [0.15, 0.2) is 57.8 Å². The van der Waals surface area contributed by atoms with Crippen molar-refractivity contribution in [1.29, 1.82) is 0 Å². The van der Waals surface area contributed by atoms with Gasteiger partial charge in [0.05, 0.1) is 5.71 Å². The van der Waals surface area contributed by atoms with Gasteiger partial charge in [0.25, 0.3) is 0 Å². The molecule has 0 spiro atoms. The summed E-state index contributed by atoms with van der Waals surface area (Å²) >= 11 is 0. The zero-order valence-electron chi connectivity index (χ0n) is 9.97. The fourth-order valence-electron chi connectivity index (χ4n) is 1.53. The van der Waals surface area contributed by atoms with Gasteiger partial charge in [-0.05, 0) is 37.6 Å². The maximum atomic E-state index is 11.6. The quantitative estimate of drug-likeness (QED) is 0.500. The summed E-state index contributed by atoms with van der Waals surface area (Å²) in [5, 5.41) is 8.08. The van der Waals surface area contributed by atoms with Gasteiger partial charge >= 0.3 is 0 Å². The van der Waals surface area contributed by atoms with Gasteiger partial charge in [-0.2, -0.15) is 5.10 Å². The molecule has 2 aliphatic carbocycles. The lowest BCUT2D eigenvalue weighted by Gasteiger charge is -2.04. The molecule has 2 rings (SSSR count). The van der Waals surface area contributed by atoms with Crippen LogP contribution in [0.4, 0.5) is 0 Å². The Morgan fingerprint density at radius 2 is 1.76 bits per heavy atom. The SMILES string of the molecule is CC1=CC/C(=N\N=C2\C=CC(C)=CC2=O)C=C1. The lowest BCUT2D eigenvalue weighted by atomic mass is 10.1. The van der Waals surface area contributed by atoms with Crippen LogP contribution in [0.5, 0.6) is 0 Å². The summed E-state index contributed by atoms with van der Waals surface area (Å²) < 4.78 is 0. The topological polar surface area (TPSA) is 41.8 Å². The van der Waals surface area contributed by atoms with Crippen LogP contribution in [-0.4, -0.2) is 17.2 Å². The molecule has 2 aliphatic rings. The molecule has 17 heavy (non-hydrogen) atoms. The van der Waals surface area contributed by atoms with Crippen molar-refractivity contribution in [3.63, 3.8) is 0 Å². The molecule has 3 heteroatoms. The summed E-state index contributed by atoms with van der Waals surface area (Å²) in [5.41, 5.74) is 3.43. The van der Waals surface area contributed by atoms with Crippen molar-refractivity contribution >= 4 is 17.2 Å². The van der Waals surface area contributed by atoms with Crippen LogP contribution in [0.2, 0.25) is 0 Å². The minimum Gasteiger partial charge on any atom is -0.287 e. The maximum Gasteiger partial charge on any atom is 0.206 e. The number of carbonyl (C=O) groups is 1. The average Bonchev–Trinajstić information content (AvgIpc) is 2.30. The smallest absolute Gasteiger partial charge is 0.206 e. The van der Waals surface area contributed by atoms with Gasteiger partial charge in [0.2, 0.25) is 5.78 Å². The standard InChI is InChI=1S/C14H14N2O/c1-10-3-6-12(7-4-10)15-16-13-8-5-11(2)9-14(13)17/h3-6,8-9H,7H2,1-2H3/b15-12-,16-13-. The summed E-state index contributed by atoms with van der Waals surface area (Å²) in [6, 6.07) is 0. The zero-order chi connectivity index (χ0) is 12.3. The van der Waals surface area contributed by atoms with Crippen molar-refractivity contribution in [2.45, 2.75) is 20.3 Å². The largest absolute Gasteiger partial charge is 0.287 e. The first-order chi connectivity index (χ1) is 8.15. The minimum atomic E-state index is -0.0825. The van der Waals surface area contributed by atoms with Crippen molar-refractivity contribution in [1.82, 2.24) is 0 Å². The van der Waals surface area contributed by atoms with Crippen LogP contribution in [0.3, 0.4) is 0 Å². The second-order valence-corrected chi connectivity index (χ2v) is 4.15. The van der Waals surface area contributed by atoms with Gasteiger partial charge in [-0.1, -0.05) is 23.8 Å². The molecule has 0 aromatic heterocycles. The molecule has 0 fully saturated rings. The second-order valence-electron chi connectivity index (χ2n) is 4.15. The third-order valence-electron chi connectivity index (χ3n) is 2.57. The first-order valence-corrected chi connectivity index (χ1v) is 5.55. The highest BCUT2D eigenvalue weighted by Gasteiger charge is 2.09. The first kappa shape index (κ1) is 11.5. The number of carbonyl (C=O) groups excluding carboxylic acids is 1. The van der Waals surface area contributed by atoms with Crippen LogP contribution in [-0.2, 0) is 4.79 Å². The van der Waals surface area contributed by atoms with Gasteiger partial charge in [-0.15, -0.1) is 5.10 Å². The third-order valence-corrected chi connectivity index (χ3v) is 2.57. The van der Waals surface area contributed by atoms with Gasteiger partial charge in [-0.25, -0.2) is 0 Å². The van der Waals surface area contributed by atoms with E-state index in [0.717, 1.165) is 17.7 Å². The number of ketones is 1. The van der Waals surface area contributed by atoms with Crippen LogP contribution in [0.1, 0.15) is 20.3 Å². The molecule has 3 nitrogen and oxygen atoms in total. The molecule has 0 radical (unpaired) electrons. The van der Waals surface area contributed by atoms with Crippen LogP contribution < -0.4 is 0 Å². The Labute approximate surface area is 101 Å². The van der Waals surface area contributed by atoms with Crippen LogP contribution >= 0.6 is 0 Å². The molecule has 0 unspecified atom stereocenters. The Morgan fingerprint density at radius 3 is 2.41 bits per heavy atom. The van der Waals surface area contributed by atoms with Gasteiger partial charge < -0.3 is 0 Å². The van der Waals surface area contributed by atoms with E-state index in [0.29, 0.717) is 5.71 Å². The van der Waals surface area contributed by atoms with Gasteiger partial charge in [0, 0.05) is 6.42 Å². The number of allylic oxidation sites excluding steroid dienone is 8. The first-order valence-electron chi connectivity index (χ1n) is 5.55. The predicted molar refractivity (Wildman–Crippen MR) is 70.3 cm³/mol. The van der Waals surface area contributed by atoms with E-state index in [2.05, 4.69) is 16.3 Å². The van der Waals surface area contributed by atoms with E-state index >= 15 is 0 Å². The lowest BCUT2D eigenvalue weighted by molar-refractivity contribution is -0.108. The molecule has 0 aromatic carbocycles. The summed E-state index contributed by atoms with van der Waals surface area (Å²) in [7, 11) is 0. The van der Waals surface area contributed by atoms with Crippen LogP contribution in [0.25, 0.3) is 0 Å². The van der Waals surface area contributed by atoms with Crippen molar-refractivity contribution < 1.29 is 4.79 Å². The van der Waals surface area contributed by atoms with Crippen molar-refractivity contribution in [3.05, 3.63) is 47.6 Å². The van der Waals surface area contributed by atoms with E-state index in [1.54, 1.807) is 12.2 Å². The Kier molecular flexibility index (Phi) is 3.28. The highest BCUT2D eigenvalue weighted by Crippen LogP contribution is 2.08. The number of hydrogen-bond acceptors (Lipinski definition) is 3. The van der Waals surface area contributed by atoms with E-state index in [9.17, 15) is 4.79 Å². The second kappa shape index (κ2) is 4.87. The van der Waals surface area contributed by atoms with Crippen molar-refractivity contribution in [3.8, 4) is 0 Å². The summed E-state index contributed by atoms with van der Waals surface area (Å²) in [6.07, 6.45) is 11.9. The molecule has 0 amide bonds. The van der Waals surface area contributed by atoms with Gasteiger partial charge in [0.1, 0.15) is 5.71 Å². The highest BCUT2D eigenvalue weighted by molar-refractivity contribution is 6.49. The Bertz CT molecular complexity index is 528. The number of nitrogens with zero attached hydrogens (tertiary/aromatic N) is 2. The van der Waals surface area contributed by atoms with E-state index in [1.165, 1.54) is 5.57 Å². The molecule has 0 atom stereocenters. The van der Waals surface area contributed by atoms with E-state index in [-0.39, 0.29) is 5.78 Å². The fraction of sp³-hybridized carbons (Fsp3) is 0.214. The van der Waals surface area contributed by atoms with Crippen molar-refractivity contribution in [2.75, 3.05) is 0 Å². The third kappa shape index (κ3) is 2.97. The summed E-state index contributed by atoms with van der Waals surface area (Å²) in [5.74, 6) is -0.0825. The Morgan fingerprint density at radius 1 is 1.00 bits per heavy atom. The number of rotatable bonds is 1. The molecule has 0 bridgehead atoms. The zero-order valence-corrected chi connectivity index (χ0v) is 9.97. The normalized spacial score (nSPS) is 24.2. The minimum absolute atomic E-state index is 0.0825. The van der Waals surface area contributed by atoms with E-state index in [1.807, 2.05) is 32.1 Å². The maximum absolute atomic E-state index is 11.6. The summed E-state index contributed by atoms with van der Waals surface area (Å²) in [4.78, 5) is 11.6. The molecule has 0 aromatic rings. The highest BCUT2D eigenvalue weighted by atomic mass is 16.1. The van der Waals surface area contributed by atoms with Gasteiger partial charge in [-0.3, -0.25) is 4.79 Å². The average molecular weight is 226 g/mol. The molecule has 0 N–H and O–H groups in total. The van der Waals surface area contributed by atoms with Crippen LogP contribution in [0, 0.1) is 0 Å². The Balaban J connectivity index is 2.13. The van der Waals surface area contributed by atoms with E-state index < -0.39 is 0 Å². The number of hydrogen-bond donors (Lipinski definition) is 0. The molecular weight excluding hydrogens is 212 g/mol. The molecular formula is C14H14N2O. The molecule has 0 heterocycles. The monoisotopic (exact) mass is 226 g/mol. The fourth-order valence-corrected chi connectivity index (χ4v) is 1.53. The molecule has 0 aliphatic heterocycles. The van der Waals surface area contributed by atoms with Gasteiger partial charge in [0.15, 0.2) is 0 Å². The molecule has 86 valence electrons. The lowest BCUT2D eigenvalue weighted by Crippen LogP contribution is -2.11. The van der Waals surface area contributed by atoms with E-state index in [4.69, 9.17) is 0 Å². The molecule has 0 saturated heterocycles. The molecule has 0 saturated carbocycles. The Hall–Kier alpha value is -2.03. The predicted octanol–water partition coefficient (Wildman–Crippen LogP) is 2.77. The summed E-state index contributed by atoms with van der Waals surface area (Å²) in [6.45, 7) is 3.93. The van der Waals surface area contributed by atoms with Crippen molar-refractivity contribution in [2.24, 2.45) is 10.2 Å².